The van der Waals surface area contributed by atoms with Gasteiger partial charge in [0.25, 0.3) is 0 Å². The zero-order chi connectivity index (χ0) is 12.7. The highest BCUT2D eigenvalue weighted by molar-refractivity contribution is 6.32. The van der Waals surface area contributed by atoms with Crippen molar-refractivity contribution < 1.29 is 14.3 Å². The number of rotatable bonds is 6. The second kappa shape index (κ2) is 7.17. The topological polar surface area (TPSA) is 35.5 Å². The van der Waals surface area contributed by atoms with E-state index in [9.17, 15) is 4.79 Å². The number of hydrogen-bond donors (Lipinski definition) is 0. The van der Waals surface area contributed by atoms with Crippen LogP contribution in [0.15, 0.2) is 24.3 Å². The molecule has 1 rings (SSSR count). The van der Waals surface area contributed by atoms with Gasteiger partial charge >= 0.3 is 5.97 Å². The molecule has 1 atom stereocenters. The average molecular weight is 257 g/mol. The first-order chi connectivity index (χ1) is 8.13. The smallest absolute Gasteiger partial charge is 0.306 e. The molecule has 4 heteroatoms. The molecule has 0 radical (unpaired) electrons. The molecule has 0 aliphatic carbocycles. The summed E-state index contributed by atoms with van der Waals surface area (Å²) in [7, 11) is 0. The SMILES string of the molecule is CCCC(=O)O[C@@H](C)COc1ccccc1Cl. The van der Waals surface area contributed by atoms with Crippen molar-refractivity contribution in [2.24, 2.45) is 0 Å². The fourth-order valence-electron chi connectivity index (χ4n) is 1.29. The number of carbonyl (C=O) groups is 1. The van der Waals surface area contributed by atoms with Gasteiger partial charge in [-0.2, -0.15) is 0 Å². The molecule has 0 heterocycles. The molecule has 0 saturated heterocycles. The van der Waals surface area contributed by atoms with E-state index in [0.717, 1.165) is 6.42 Å². The molecule has 1 aromatic rings. The Morgan fingerprint density at radius 3 is 2.76 bits per heavy atom. The van der Waals surface area contributed by atoms with Crippen LogP contribution < -0.4 is 4.74 Å². The van der Waals surface area contributed by atoms with Crippen molar-refractivity contribution in [2.75, 3.05) is 6.61 Å². The molecular weight excluding hydrogens is 240 g/mol. The van der Waals surface area contributed by atoms with Crippen molar-refractivity contribution in [3.8, 4) is 5.75 Å². The number of ether oxygens (including phenoxy) is 2. The molecule has 0 saturated carbocycles. The Hall–Kier alpha value is -1.22. The number of para-hydroxylation sites is 1. The molecule has 0 spiro atoms. The lowest BCUT2D eigenvalue weighted by molar-refractivity contribution is -0.149. The maximum absolute atomic E-state index is 11.2. The summed E-state index contributed by atoms with van der Waals surface area (Å²) in [4.78, 5) is 11.2. The van der Waals surface area contributed by atoms with Gasteiger partial charge in [-0.3, -0.25) is 4.79 Å². The maximum atomic E-state index is 11.2. The summed E-state index contributed by atoms with van der Waals surface area (Å²) >= 11 is 5.93. The van der Waals surface area contributed by atoms with Crippen LogP contribution in [-0.2, 0) is 9.53 Å². The summed E-state index contributed by atoms with van der Waals surface area (Å²) in [5.74, 6) is 0.412. The molecule has 0 aliphatic rings. The van der Waals surface area contributed by atoms with E-state index in [1.807, 2.05) is 19.1 Å². The van der Waals surface area contributed by atoms with Crippen LogP contribution in [0, 0.1) is 0 Å². The zero-order valence-electron chi connectivity index (χ0n) is 10.1. The van der Waals surface area contributed by atoms with Gasteiger partial charge in [-0.1, -0.05) is 30.7 Å². The largest absolute Gasteiger partial charge is 0.488 e. The first kappa shape index (κ1) is 13.8. The lowest BCUT2D eigenvalue weighted by Gasteiger charge is -2.14. The van der Waals surface area contributed by atoms with Crippen LogP contribution >= 0.6 is 11.6 Å². The summed E-state index contributed by atoms with van der Waals surface area (Å²) in [6, 6.07) is 7.21. The predicted octanol–water partition coefficient (Wildman–Crippen LogP) is 3.45. The maximum Gasteiger partial charge on any atom is 0.306 e. The number of carbonyl (C=O) groups excluding carboxylic acids is 1. The van der Waals surface area contributed by atoms with Gasteiger partial charge < -0.3 is 9.47 Å². The molecule has 17 heavy (non-hydrogen) atoms. The van der Waals surface area contributed by atoms with Crippen molar-refractivity contribution in [1.29, 1.82) is 0 Å². The minimum atomic E-state index is -0.273. The number of halogens is 1. The monoisotopic (exact) mass is 256 g/mol. The highest BCUT2D eigenvalue weighted by atomic mass is 35.5. The van der Waals surface area contributed by atoms with Crippen molar-refractivity contribution in [2.45, 2.75) is 32.8 Å². The first-order valence-electron chi connectivity index (χ1n) is 5.70. The van der Waals surface area contributed by atoms with E-state index >= 15 is 0 Å². The Kier molecular flexibility index (Phi) is 5.84. The van der Waals surface area contributed by atoms with Gasteiger partial charge in [0.1, 0.15) is 18.5 Å². The fourth-order valence-corrected chi connectivity index (χ4v) is 1.48. The van der Waals surface area contributed by atoms with Crippen molar-refractivity contribution in [1.82, 2.24) is 0 Å². The molecule has 0 fully saturated rings. The van der Waals surface area contributed by atoms with E-state index < -0.39 is 0 Å². The van der Waals surface area contributed by atoms with Gasteiger partial charge in [0.15, 0.2) is 0 Å². The second-order valence-corrected chi connectivity index (χ2v) is 4.20. The average Bonchev–Trinajstić information content (AvgIpc) is 2.28. The van der Waals surface area contributed by atoms with Crippen LogP contribution in [0.3, 0.4) is 0 Å². The van der Waals surface area contributed by atoms with Gasteiger partial charge in [0.05, 0.1) is 5.02 Å². The van der Waals surface area contributed by atoms with Gasteiger partial charge in [0, 0.05) is 6.42 Å². The van der Waals surface area contributed by atoms with Gasteiger partial charge in [-0.25, -0.2) is 0 Å². The molecule has 0 aliphatic heterocycles. The molecule has 0 amide bonds. The van der Waals surface area contributed by atoms with E-state index in [2.05, 4.69) is 0 Å². The van der Waals surface area contributed by atoms with Crippen LogP contribution in [0.25, 0.3) is 0 Å². The van der Waals surface area contributed by atoms with Crippen LogP contribution in [0.4, 0.5) is 0 Å². The molecule has 3 nitrogen and oxygen atoms in total. The third kappa shape index (κ3) is 5.09. The second-order valence-electron chi connectivity index (χ2n) is 3.79. The van der Waals surface area contributed by atoms with Gasteiger partial charge in [-0.15, -0.1) is 0 Å². The Bertz CT molecular complexity index is 365. The van der Waals surface area contributed by atoms with Crippen LogP contribution in [0.1, 0.15) is 26.7 Å². The van der Waals surface area contributed by atoms with Gasteiger partial charge in [0.2, 0.25) is 0 Å². The summed E-state index contributed by atoms with van der Waals surface area (Å²) in [6.45, 7) is 4.04. The number of esters is 1. The quantitative estimate of drug-likeness (QED) is 0.732. The Labute approximate surface area is 107 Å². The Balaban J connectivity index is 2.35. The van der Waals surface area contributed by atoms with Crippen LogP contribution in [-0.4, -0.2) is 18.7 Å². The molecule has 0 N–H and O–H groups in total. The van der Waals surface area contributed by atoms with E-state index in [0.29, 0.717) is 23.8 Å². The molecule has 94 valence electrons. The van der Waals surface area contributed by atoms with Gasteiger partial charge in [-0.05, 0) is 25.5 Å². The summed E-state index contributed by atoms with van der Waals surface area (Å²) in [5, 5.41) is 0.555. The molecule has 1 aromatic carbocycles. The predicted molar refractivity (Wildman–Crippen MR) is 67.4 cm³/mol. The van der Waals surface area contributed by atoms with Crippen molar-refractivity contribution >= 4 is 17.6 Å². The first-order valence-corrected chi connectivity index (χ1v) is 6.08. The van der Waals surface area contributed by atoms with Crippen LogP contribution in [0.5, 0.6) is 5.75 Å². The van der Waals surface area contributed by atoms with E-state index in [4.69, 9.17) is 21.1 Å². The van der Waals surface area contributed by atoms with E-state index in [1.165, 1.54) is 0 Å². The van der Waals surface area contributed by atoms with Crippen molar-refractivity contribution in [3.05, 3.63) is 29.3 Å². The summed E-state index contributed by atoms with van der Waals surface area (Å²) in [6.07, 6.45) is 0.957. The summed E-state index contributed by atoms with van der Waals surface area (Å²) in [5.41, 5.74) is 0. The van der Waals surface area contributed by atoms with E-state index in [1.54, 1.807) is 19.1 Å². The Morgan fingerprint density at radius 2 is 2.12 bits per heavy atom. The molecule has 0 bridgehead atoms. The van der Waals surface area contributed by atoms with E-state index in [-0.39, 0.29) is 12.1 Å². The minimum Gasteiger partial charge on any atom is -0.488 e. The molecule has 0 aromatic heterocycles. The third-order valence-corrected chi connectivity index (χ3v) is 2.41. The highest BCUT2D eigenvalue weighted by Gasteiger charge is 2.10. The number of hydrogen-bond acceptors (Lipinski definition) is 3. The lowest BCUT2D eigenvalue weighted by Crippen LogP contribution is -2.21. The number of benzene rings is 1. The lowest BCUT2D eigenvalue weighted by atomic mass is 10.3. The minimum absolute atomic E-state index is 0.192. The standard InChI is InChI=1S/C13H17ClO3/c1-3-6-13(15)17-10(2)9-16-12-8-5-4-7-11(12)14/h4-5,7-8,10H,3,6,9H2,1-2H3/t10-/m0/s1. The summed E-state index contributed by atoms with van der Waals surface area (Å²) < 4.78 is 10.6. The normalized spacial score (nSPS) is 11.9. The highest BCUT2D eigenvalue weighted by Crippen LogP contribution is 2.23. The zero-order valence-corrected chi connectivity index (χ0v) is 10.9. The molecular formula is C13H17ClO3. The van der Waals surface area contributed by atoms with Crippen LogP contribution in [0.2, 0.25) is 5.02 Å². The fraction of sp³-hybridized carbons (Fsp3) is 0.462. The third-order valence-electron chi connectivity index (χ3n) is 2.10. The Morgan fingerprint density at radius 1 is 1.41 bits per heavy atom. The molecule has 0 unspecified atom stereocenters. The van der Waals surface area contributed by atoms with Crippen molar-refractivity contribution in [3.63, 3.8) is 0 Å².